The van der Waals surface area contributed by atoms with Gasteiger partial charge in [-0.1, -0.05) is 47.5 Å². The highest BCUT2D eigenvalue weighted by Gasteiger charge is 2.01. The molecule has 0 aromatic heterocycles. The van der Waals surface area contributed by atoms with E-state index in [4.69, 9.17) is 0 Å². The summed E-state index contributed by atoms with van der Waals surface area (Å²) >= 11 is 5.25. The van der Waals surface area contributed by atoms with Gasteiger partial charge in [0.1, 0.15) is 0 Å². The average molecular weight is 375 g/mol. The first-order valence-electron chi connectivity index (χ1n) is 7.40. The molecule has 0 bridgehead atoms. The molecule has 0 aliphatic carbocycles. The third kappa shape index (κ3) is 5.47. The van der Waals surface area contributed by atoms with Gasteiger partial charge in [0.15, 0.2) is 5.78 Å². The number of halogens is 1. The number of unbranched alkanes of at least 4 members (excludes halogenated alkanes) is 1. The highest BCUT2D eigenvalue weighted by atomic mass is 79.9. The van der Waals surface area contributed by atoms with Crippen LogP contribution in [0.5, 0.6) is 0 Å². The molecule has 0 fully saturated rings. The molecule has 0 radical (unpaired) electrons. The number of hydrogen-bond acceptors (Lipinski definition) is 2. The molecule has 0 heterocycles. The standard InChI is InChI=1S/C19H19BrOS/c1-2-3-14-22-18-11-4-15(5-12-18)6-13-19(21)16-7-9-17(20)10-8-16/h4-13H,2-3,14H2,1H3. The van der Waals surface area contributed by atoms with E-state index in [9.17, 15) is 4.79 Å². The number of carbonyl (C=O) groups is 1. The maximum Gasteiger partial charge on any atom is 0.185 e. The van der Waals surface area contributed by atoms with Crippen LogP contribution in [0.1, 0.15) is 35.7 Å². The molecule has 0 spiro atoms. The minimum atomic E-state index is 0.0221. The maximum absolute atomic E-state index is 12.1. The Labute approximate surface area is 145 Å². The second-order valence-electron chi connectivity index (χ2n) is 4.98. The molecule has 0 atom stereocenters. The van der Waals surface area contributed by atoms with Crippen LogP contribution in [0.25, 0.3) is 6.08 Å². The van der Waals surface area contributed by atoms with Gasteiger partial charge < -0.3 is 0 Å². The van der Waals surface area contributed by atoms with Gasteiger partial charge in [-0.3, -0.25) is 4.79 Å². The summed E-state index contributed by atoms with van der Waals surface area (Å²) in [5.41, 5.74) is 1.75. The smallest absolute Gasteiger partial charge is 0.185 e. The van der Waals surface area contributed by atoms with Gasteiger partial charge in [0.25, 0.3) is 0 Å². The van der Waals surface area contributed by atoms with Crippen molar-refractivity contribution in [3.63, 3.8) is 0 Å². The lowest BCUT2D eigenvalue weighted by atomic mass is 10.1. The lowest BCUT2D eigenvalue weighted by molar-refractivity contribution is 0.104. The summed E-state index contributed by atoms with van der Waals surface area (Å²) in [6.45, 7) is 2.21. The lowest BCUT2D eigenvalue weighted by Crippen LogP contribution is -1.93. The summed E-state index contributed by atoms with van der Waals surface area (Å²) < 4.78 is 0.976. The summed E-state index contributed by atoms with van der Waals surface area (Å²) in [5, 5.41) is 0. The molecule has 0 aliphatic rings. The Morgan fingerprint density at radius 2 is 1.77 bits per heavy atom. The van der Waals surface area contributed by atoms with E-state index in [0.29, 0.717) is 5.56 Å². The minimum absolute atomic E-state index is 0.0221. The van der Waals surface area contributed by atoms with Crippen molar-refractivity contribution in [1.82, 2.24) is 0 Å². The molecule has 22 heavy (non-hydrogen) atoms. The quantitative estimate of drug-likeness (QED) is 0.247. The molecule has 2 aromatic rings. The van der Waals surface area contributed by atoms with Crippen molar-refractivity contribution in [3.8, 4) is 0 Å². The van der Waals surface area contributed by atoms with Crippen molar-refractivity contribution < 1.29 is 4.79 Å². The van der Waals surface area contributed by atoms with E-state index in [-0.39, 0.29) is 5.78 Å². The first-order valence-corrected chi connectivity index (χ1v) is 9.18. The lowest BCUT2D eigenvalue weighted by Gasteiger charge is -2.01. The van der Waals surface area contributed by atoms with Crippen molar-refractivity contribution in [3.05, 3.63) is 70.2 Å². The second-order valence-corrected chi connectivity index (χ2v) is 7.06. The minimum Gasteiger partial charge on any atom is -0.289 e. The van der Waals surface area contributed by atoms with Gasteiger partial charge in [0.05, 0.1) is 0 Å². The van der Waals surface area contributed by atoms with Crippen LogP contribution in [-0.4, -0.2) is 11.5 Å². The number of allylic oxidation sites excluding steroid dienone is 1. The van der Waals surface area contributed by atoms with Crippen molar-refractivity contribution in [1.29, 1.82) is 0 Å². The van der Waals surface area contributed by atoms with E-state index in [2.05, 4.69) is 47.1 Å². The zero-order chi connectivity index (χ0) is 15.8. The number of carbonyl (C=O) groups excluding carboxylic acids is 1. The Hall–Kier alpha value is -1.32. The third-order valence-electron chi connectivity index (χ3n) is 3.20. The van der Waals surface area contributed by atoms with E-state index < -0.39 is 0 Å². The number of ketones is 1. The Morgan fingerprint density at radius 1 is 1.09 bits per heavy atom. The fourth-order valence-electron chi connectivity index (χ4n) is 1.89. The zero-order valence-electron chi connectivity index (χ0n) is 12.6. The SMILES string of the molecule is CCCCSc1ccc(C=CC(=O)c2ccc(Br)cc2)cc1. The van der Waals surface area contributed by atoms with Crippen LogP contribution < -0.4 is 0 Å². The van der Waals surface area contributed by atoms with E-state index >= 15 is 0 Å². The van der Waals surface area contributed by atoms with Crippen molar-refractivity contribution in [2.24, 2.45) is 0 Å². The first-order chi connectivity index (χ1) is 10.7. The van der Waals surface area contributed by atoms with Crippen LogP contribution in [0.3, 0.4) is 0 Å². The van der Waals surface area contributed by atoms with Gasteiger partial charge in [-0.05, 0) is 60.2 Å². The molecule has 2 rings (SSSR count). The molecule has 0 saturated carbocycles. The molecule has 0 N–H and O–H groups in total. The van der Waals surface area contributed by atoms with Gasteiger partial charge in [-0.15, -0.1) is 11.8 Å². The number of benzene rings is 2. The Bertz CT molecular complexity index is 629. The fraction of sp³-hybridized carbons (Fsp3) is 0.211. The van der Waals surface area contributed by atoms with Crippen LogP contribution in [0.4, 0.5) is 0 Å². The van der Waals surface area contributed by atoms with Crippen LogP contribution in [0, 0.1) is 0 Å². The average Bonchev–Trinajstić information content (AvgIpc) is 2.55. The molecule has 0 amide bonds. The second kappa shape index (κ2) is 8.96. The van der Waals surface area contributed by atoms with Gasteiger partial charge >= 0.3 is 0 Å². The Morgan fingerprint density at radius 3 is 2.41 bits per heavy atom. The predicted octanol–water partition coefficient (Wildman–Crippen LogP) is 6.24. The topological polar surface area (TPSA) is 17.1 Å². The number of thioether (sulfide) groups is 1. The third-order valence-corrected chi connectivity index (χ3v) is 4.83. The molecule has 0 unspecified atom stereocenters. The van der Waals surface area contributed by atoms with Crippen LogP contribution >= 0.6 is 27.7 Å². The molecule has 0 aliphatic heterocycles. The summed E-state index contributed by atoms with van der Waals surface area (Å²) in [7, 11) is 0. The van der Waals surface area contributed by atoms with Crippen LogP contribution in [0.15, 0.2) is 64.0 Å². The Balaban J connectivity index is 1.95. The molecule has 0 saturated heterocycles. The highest BCUT2D eigenvalue weighted by Crippen LogP contribution is 2.20. The largest absolute Gasteiger partial charge is 0.289 e. The van der Waals surface area contributed by atoms with Crippen molar-refractivity contribution >= 4 is 39.6 Å². The molecular weight excluding hydrogens is 356 g/mol. The van der Waals surface area contributed by atoms with Gasteiger partial charge in [0, 0.05) is 14.9 Å². The Kier molecular flexibility index (Phi) is 6.94. The highest BCUT2D eigenvalue weighted by molar-refractivity contribution is 9.10. The van der Waals surface area contributed by atoms with Gasteiger partial charge in [-0.25, -0.2) is 0 Å². The fourth-order valence-corrected chi connectivity index (χ4v) is 3.15. The summed E-state index contributed by atoms with van der Waals surface area (Å²) in [4.78, 5) is 13.3. The molecule has 3 heteroatoms. The zero-order valence-corrected chi connectivity index (χ0v) is 15.0. The van der Waals surface area contributed by atoms with Crippen LogP contribution in [-0.2, 0) is 0 Å². The summed E-state index contributed by atoms with van der Waals surface area (Å²) in [6, 6.07) is 15.7. The van der Waals surface area contributed by atoms with E-state index in [0.717, 1.165) is 15.8 Å². The summed E-state index contributed by atoms with van der Waals surface area (Å²) in [5.74, 6) is 1.18. The monoisotopic (exact) mass is 374 g/mol. The van der Waals surface area contributed by atoms with E-state index in [1.807, 2.05) is 42.1 Å². The maximum atomic E-state index is 12.1. The van der Waals surface area contributed by atoms with Gasteiger partial charge in [-0.2, -0.15) is 0 Å². The first kappa shape index (κ1) is 17.0. The van der Waals surface area contributed by atoms with Crippen molar-refractivity contribution in [2.45, 2.75) is 24.7 Å². The number of rotatable bonds is 7. The van der Waals surface area contributed by atoms with Gasteiger partial charge in [0.2, 0.25) is 0 Å². The van der Waals surface area contributed by atoms with Crippen LogP contribution in [0.2, 0.25) is 0 Å². The summed E-state index contributed by atoms with van der Waals surface area (Å²) in [6.07, 6.45) is 5.97. The molecular formula is C19H19BrOS. The molecule has 1 nitrogen and oxygen atoms in total. The normalized spacial score (nSPS) is 11.0. The van der Waals surface area contributed by atoms with E-state index in [1.165, 1.54) is 17.7 Å². The molecule has 114 valence electrons. The van der Waals surface area contributed by atoms with Crippen molar-refractivity contribution in [2.75, 3.05) is 5.75 Å². The molecule has 2 aromatic carbocycles. The number of hydrogen-bond donors (Lipinski definition) is 0. The predicted molar refractivity (Wildman–Crippen MR) is 99.6 cm³/mol. The van der Waals surface area contributed by atoms with E-state index in [1.54, 1.807) is 6.08 Å².